The lowest BCUT2D eigenvalue weighted by atomic mass is 10.1. The van der Waals surface area contributed by atoms with Crippen molar-refractivity contribution in [2.45, 2.75) is 51.4 Å². The number of azo groups is 1. The molecule has 40 heavy (non-hydrogen) atoms. The van der Waals surface area contributed by atoms with Gasteiger partial charge in [0.25, 0.3) is 11.8 Å². The highest BCUT2D eigenvalue weighted by Gasteiger charge is 2.32. The van der Waals surface area contributed by atoms with Gasteiger partial charge in [0.05, 0.1) is 11.3 Å². The van der Waals surface area contributed by atoms with Crippen LogP contribution in [0.5, 0.6) is 5.75 Å². The SMILES string of the molecule is O=C(CCc1cc(N=Nc2ccccc2C(=O)O)ccc1O)NCCCCCCNC(=O)ON1C(=O)CCC1=O. The van der Waals surface area contributed by atoms with Crippen molar-refractivity contribution in [3.63, 3.8) is 0 Å². The molecule has 0 spiro atoms. The molecule has 1 aliphatic heterocycles. The average Bonchev–Trinajstić information content (AvgIpc) is 3.25. The van der Waals surface area contributed by atoms with Crippen LogP contribution >= 0.6 is 0 Å². The number of hydrogen-bond acceptors (Lipinski definition) is 9. The maximum Gasteiger partial charge on any atom is 0.432 e. The van der Waals surface area contributed by atoms with Gasteiger partial charge in [-0.3, -0.25) is 14.4 Å². The minimum Gasteiger partial charge on any atom is -0.508 e. The van der Waals surface area contributed by atoms with Gasteiger partial charge in [0.15, 0.2) is 0 Å². The summed E-state index contributed by atoms with van der Waals surface area (Å²) in [6.45, 7) is 0.812. The van der Waals surface area contributed by atoms with Crippen molar-refractivity contribution in [2.24, 2.45) is 10.2 Å². The minimum atomic E-state index is -1.11. The van der Waals surface area contributed by atoms with E-state index in [9.17, 15) is 34.2 Å². The van der Waals surface area contributed by atoms with Crippen LogP contribution in [0.2, 0.25) is 0 Å². The third kappa shape index (κ3) is 9.19. The van der Waals surface area contributed by atoms with Crippen LogP contribution in [0.15, 0.2) is 52.7 Å². The van der Waals surface area contributed by atoms with E-state index in [0.29, 0.717) is 35.8 Å². The summed E-state index contributed by atoms with van der Waals surface area (Å²) in [6.07, 6.45) is 2.69. The number of unbranched alkanes of at least 4 members (excludes halogenated alkanes) is 3. The number of rotatable bonds is 14. The van der Waals surface area contributed by atoms with Crippen molar-refractivity contribution in [3.8, 4) is 5.75 Å². The van der Waals surface area contributed by atoms with E-state index in [2.05, 4.69) is 20.9 Å². The maximum atomic E-state index is 12.2. The number of hydrogen-bond donors (Lipinski definition) is 4. The molecule has 0 bridgehead atoms. The second-order valence-electron chi connectivity index (χ2n) is 8.99. The monoisotopic (exact) mass is 553 g/mol. The number of phenols is 1. The third-order valence-electron chi connectivity index (χ3n) is 5.97. The summed E-state index contributed by atoms with van der Waals surface area (Å²) in [5.74, 6) is -2.32. The van der Waals surface area contributed by atoms with Gasteiger partial charge in [0, 0.05) is 32.4 Å². The molecule has 13 nitrogen and oxygen atoms in total. The molecule has 1 aliphatic rings. The fourth-order valence-corrected chi connectivity index (χ4v) is 3.82. The van der Waals surface area contributed by atoms with Gasteiger partial charge >= 0.3 is 12.1 Å². The number of carboxylic acid groups (broad SMARTS) is 1. The standard InChI is InChI=1S/C27H31N5O8/c33-22-11-10-19(30-31-21-8-4-3-7-20(21)26(37)38)17-18(22)9-12-23(34)28-15-5-1-2-6-16-29-27(39)40-32-24(35)13-14-25(32)36/h3-4,7-8,10-11,17,33H,1-2,5-6,9,12-16H2,(H,28,34)(H,29,39)(H,37,38). The molecule has 13 heteroatoms. The topological polar surface area (TPSA) is 187 Å². The van der Waals surface area contributed by atoms with Crippen molar-refractivity contribution < 1.29 is 39.0 Å². The van der Waals surface area contributed by atoms with Gasteiger partial charge in [-0.15, -0.1) is 10.2 Å². The lowest BCUT2D eigenvalue weighted by molar-refractivity contribution is -0.171. The largest absolute Gasteiger partial charge is 0.508 e. The number of nitrogens with one attached hydrogen (secondary N) is 2. The van der Waals surface area contributed by atoms with E-state index in [1.54, 1.807) is 24.3 Å². The Morgan fingerprint density at radius 3 is 2.27 bits per heavy atom. The fourth-order valence-electron chi connectivity index (χ4n) is 3.82. The summed E-state index contributed by atoms with van der Waals surface area (Å²) in [5.41, 5.74) is 1.15. The molecule has 4 N–H and O–H groups in total. The minimum absolute atomic E-state index is 0.0219. The van der Waals surface area contributed by atoms with Gasteiger partial charge in [0.2, 0.25) is 5.91 Å². The molecular formula is C27H31N5O8. The Bertz CT molecular complexity index is 1260. The second kappa shape index (κ2) is 15.0. The van der Waals surface area contributed by atoms with Crippen molar-refractivity contribution in [1.82, 2.24) is 15.7 Å². The Kier molecular flexibility index (Phi) is 11.1. The predicted molar refractivity (Wildman–Crippen MR) is 141 cm³/mol. The Hall–Kier alpha value is -4.81. The highest BCUT2D eigenvalue weighted by atomic mass is 16.7. The number of hydroxylamine groups is 2. The molecule has 0 aromatic heterocycles. The van der Waals surface area contributed by atoms with E-state index in [4.69, 9.17) is 4.84 Å². The van der Waals surface area contributed by atoms with Crippen LogP contribution in [0, 0.1) is 0 Å². The summed E-state index contributed by atoms with van der Waals surface area (Å²) in [6, 6.07) is 10.8. The molecular weight excluding hydrogens is 522 g/mol. The number of benzene rings is 2. The van der Waals surface area contributed by atoms with Crippen molar-refractivity contribution in [3.05, 3.63) is 53.6 Å². The normalized spacial score (nSPS) is 13.1. The van der Waals surface area contributed by atoms with Crippen LogP contribution in [0.4, 0.5) is 16.2 Å². The highest BCUT2D eigenvalue weighted by molar-refractivity contribution is 6.01. The van der Waals surface area contributed by atoms with Gasteiger partial charge in [-0.1, -0.05) is 25.0 Å². The van der Waals surface area contributed by atoms with E-state index in [1.165, 1.54) is 18.2 Å². The number of carbonyl (C=O) groups excluding carboxylic acids is 4. The van der Waals surface area contributed by atoms with Gasteiger partial charge < -0.3 is 25.7 Å². The molecule has 0 radical (unpaired) electrons. The first-order chi connectivity index (χ1) is 19.2. The molecule has 1 fully saturated rings. The third-order valence-corrected chi connectivity index (χ3v) is 5.97. The van der Waals surface area contributed by atoms with Crippen LogP contribution < -0.4 is 10.6 Å². The molecule has 0 saturated carbocycles. The lowest BCUT2D eigenvalue weighted by Gasteiger charge is -2.13. The second-order valence-corrected chi connectivity index (χ2v) is 8.99. The summed E-state index contributed by atoms with van der Waals surface area (Å²) >= 11 is 0. The summed E-state index contributed by atoms with van der Waals surface area (Å²) in [4.78, 5) is 62.7. The van der Waals surface area contributed by atoms with Crippen LogP contribution in [-0.4, -0.2) is 58.1 Å². The first kappa shape index (κ1) is 29.7. The van der Waals surface area contributed by atoms with E-state index in [-0.39, 0.29) is 48.6 Å². The Labute approximate surface area is 230 Å². The van der Waals surface area contributed by atoms with Crippen molar-refractivity contribution in [2.75, 3.05) is 13.1 Å². The number of aromatic hydroxyl groups is 1. The van der Waals surface area contributed by atoms with Gasteiger partial charge in [-0.05, 0) is 55.2 Å². The van der Waals surface area contributed by atoms with Crippen molar-refractivity contribution >= 4 is 41.2 Å². The molecule has 212 valence electrons. The number of aryl methyl sites for hydroxylation is 1. The van der Waals surface area contributed by atoms with Crippen LogP contribution in [0.3, 0.4) is 0 Å². The van der Waals surface area contributed by atoms with Crippen LogP contribution in [0.1, 0.15) is 60.9 Å². The predicted octanol–water partition coefficient (Wildman–Crippen LogP) is 3.91. The number of imide groups is 1. The number of carboxylic acids is 1. The summed E-state index contributed by atoms with van der Waals surface area (Å²) in [5, 5.41) is 33.3. The van der Waals surface area contributed by atoms with Gasteiger partial charge in [0.1, 0.15) is 11.4 Å². The Morgan fingerprint density at radius 1 is 0.900 bits per heavy atom. The van der Waals surface area contributed by atoms with Crippen LogP contribution in [-0.2, 0) is 25.6 Å². The number of aromatic carboxylic acids is 1. The summed E-state index contributed by atoms with van der Waals surface area (Å²) in [7, 11) is 0. The molecule has 1 saturated heterocycles. The number of carbonyl (C=O) groups is 5. The van der Waals surface area contributed by atoms with E-state index in [0.717, 1.165) is 19.3 Å². The Balaban J connectivity index is 1.30. The molecule has 1 heterocycles. The Morgan fingerprint density at radius 2 is 1.57 bits per heavy atom. The lowest BCUT2D eigenvalue weighted by Crippen LogP contribution is -2.37. The van der Waals surface area contributed by atoms with Gasteiger partial charge in [-0.2, -0.15) is 5.11 Å². The number of nitrogens with zero attached hydrogens (tertiary/aromatic N) is 3. The maximum absolute atomic E-state index is 12.2. The quantitative estimate of drug-likeness (QED) is 0.154. The molecule has 4 amide bonds. The molecule has 2 aromatic rings. The molecule has 3 rings (SSSR count). The van der Waals surface area contributed by atoms with E-state index < -0.39 is 23.9 Å². The zero-order valence-corrected chi connectivity index (χ0v) is 21.8. The van der Waals surface area contributed by atoms with Crippen molar-refractivity contribution in [1.29, 1.82) is 0 Å². The molecule has 0 aliphatic carbocycles. The molecule has 0 atom stereocenters. The first-order valence-electron chi connectivity index (χ1n) is 12.9. The molecule has 0 unspecified atom stereocenters. The van der Waals surface area contributed by atoms with Gasteiger partial charge in [-0.25, -0.2) is 9.59 Å². The highest BCUT2D eigenvalue weighted by Crippen LogP contribution is 2.27. The summed E-state index contributed by atoms with van der Waals surface area (Å²) < 4.78 is 0. The first-order valence-corrected chi connectivity index (χ1v) is 12.9. The number of amides is 4. The van der Waals surface area contributed by atoms with E-state index >= 15 is 0 Å². The number of phenolic OH excluding ortho intramolecular Hbond substituents is 1. The average molecular weight is 554 g/mol. The van der Waals surface area contributed by atoms with Crippen LogP contribution in [0.25, 0.3) is 0 Å². The fraction of sp³-hybridized carbons (Fsp3) is 0.370. The van der Waals surface area contributed by atoms with E-state index in [1.807, 2.05) is 0 Å². The smallest absolute Gasteiger partial charge is 0.432 e. The molecule has 2 aromatic carbocycles. The zero-order chi connectivity index (χ0) is 28.9. The zero-order valence-electron chi connectivity index (χ0n) is 21.8.